The Kier molecular flexibility index (Phi) is 5.21. The maximum absolute atomic E-state index is 10.7. The molecule has 1 aliphatic rings. The molecule has 1 N–H and O–H groups in total. The lowest BCUT2D eigenvalue weighted by atomic mass is 10.1. The van der Waals surface area contributed by atoms with Gasteiger partial charge in [-0.2, -0.15) is 0 Å². The second-order valence-corrected chi connectivity index (χ2v) is 3.66. The molecule has 0 aliphatic carbocycles. The largest absolute Gasteiger partial charge is 0.474 e. The summed E-state index contributed by atoms with van der Waals surface area (Å²) in [5.41, 5.74) is 0.945. The fourth-order valence-corrected chi connectivity index (χ4v) is 1.42. The molecule has 1 aliphatic heterocycles. The van der Waals surface area contributed by atoms with E-state index in [0.717, 1.165) is 5.57 Å². The third-order valence-corrected chi connectivity index (χ3v) is 2.40. The monoisotopic (exact) mass is 245 g/mol. The Bertz CT molecular complexity index is 303. The highest BCUT2D eigenvalue weighted by Crippen LogP contribution is 2.10. The average molecular weight is 245 g/mol. The Morgan fingerprint density at radius 1 is 1.75 bits per heavy atom. The number of rotatable bonds is 3. The third kappa shape index (κ3) is 4.16. The number of ether oxygens (including phenoxy) is 3. The lowest BCUT2D eigenvalue weighted by Gasteiger charge is -2.25. The molecular formula is C10H15NO4S. The summed E-state index contributed by atoms with van der Waals surface area (Å²) in [6.45, 7) is 2.63. The molecule has 16 heavy (non-hydrogen) atoms. The van der Waals surface area contributed by atoms with Gasteiger partial charge in [-0.25, -0.2) is 0 Å². The van der Waals surface area contributed by atoms with E-state index in [2.05, 4.69) is 5.32 Å². The van der Waals surface area contributed by atoms with Crippen LogP contribution in [0.25, 0.3) is 0 Å². The predicted octanol–water partition coefficient (Wildman–Crippen LogP) is 0.396. The fraction of sp³-hybridized carbons (Fsp3) is 0.600. The Morgan fingerprint density at radius 2 is 2.50 bits per heavy atom. The molecule has 0 saturated carbocycles. The van der Waals surface area contributed by atoms with Gasteiger partial charge < -0.3 is 19.5 Å². The summed E-state index contributed by atoms with van der Waals surface area (Å²) < 4.78 is 15.1. The van der Waals surface area contributed by atoms with E-state index in [4.69, 9.17) is 26.4 Å². The first-order valence-electron chi connectivity index (χ1n) is 4.88. The highest BCUT2D eigenvalue weighted by atomic mass is 32.1. The zero-order chi connectivity index (χ0) is 12.0. The topological polar surface area (TPSA) is 56.8 Å². The van der Waals surface area contributed by atoms with Gasteiger partial charge in [0.1, 0.15) is 6.61 Å². The number of thiocarbonyl (C=S) groups is 1. The lowest BCUT2D eigenvalue weighted by molar-refractivity contribution is -0.140. The van der Waals surface area contributed by atoms with Crippen molar-refractivity contribution in [2.24, 2.45) is 0 Å². The molecule has 0 spiro atoms. The molecule has 0 aromatic carbocycles. The number of nitrogens with one attached hydrogen (secondary N) is 1. The summed E-state index contributed by atoms with van der Waals surface area (Å²) in [5, 5.41) is 3.26. The Balaban J connectivity index is 2.52. The number of carbonyl (C=O) groups is 1. The van der Waals surface area contributed by atoms with Crippen LogP contribution in [0.5, 0.6) is 0 Å². The molecule has 1 atom stereocenters. The second-order valence-electron chi connectivity index (χ2n) is 3.29. The number of carbonyl (C=O) groups excluding carboxylic acids is 1. The van der Waals surface area contributed by atoms with Gasteiger partial charge >= 0.3 is 5.97 Å². The molecule has 0 radical (unpaired) electrons. The van der Waals surface area contributed by atoms with Gasteiger partial charge in [-0.15, -0.1) is 0 Å². The van der Waals surface area contributed by atoms with Crippen molar-refractivity contribution in [1.29, 1.82) is 0 Å². The van der Waals surface area contributed by atoms with Crippen molar-refractivity contribution in [2.75, 3.05) is 26.9 Å². The van der Waals surface area contributed by atoms with Crippen LogP contribution in [0.15, 0.2) is 11.6 Å². The summed E-state index contributed by atoms with van der Waals surface area (Å²) in [7, 11) is 1.49. The van der Waals surface area contributed by atoms with Gasteiger partial charge in [-0.1, -0.05) is 6.08 Å². The molecule has 0 amide bonds. The number of esters is 1. The minimum Gasteiger partial charge on any atom is -0.474 e. The standard InChI is InChI=1S/C10H15NO4S/c1-7(12)15-5-8-3-4-14-6-9(8)11-10(16)13-2/h3,9H,4-6H2,1-2H3,(H,11,16)/t9-/m0/s1. The summed E-state index contributed by atoms with van der Waals surface area (Å²) in [5.74, 6) is -0.305. The zero-order valence-electron chi connectivity index (χ0n) is 9.32. The molecule has 0 bridgehead atoms. The smallest absolute Gasteiger partial charge is 0.302 e. The molecule has 6 heteroatoms. The molecule has 1 heterocycles. The maximum atomic E-state index is 10.7. The van der Waals surface area contributed by atoms with Gasteiger partial charge in [-0.05, 0) is 17.8 Å². The van der Waals surface area contributed by atoms with Crippen LogP contribution in [0.4, 0.5) is 0 Å². The maximum Gasteiger partial charge on any atom is 0.302 e. The molecule has 0 saturated heterocycles. The number of methoxy groups -OCH3 is 1. The summed E-state index contributed by atoms with van der Waals surface area (Å²) >= 11 is 4.90. The van der Waals surface area contributed by atoms with Gasteiger partial charge in [0.05, 0.1) is 26.4 Å². The van der Waals surface area contributed by atoms with Crippen molar-refractivity contribution in [2.45, 2.75) is 13.0 Å². The summed E-state index contributed by atoms with van der Waals surface area (Å²) in [6.07, 6.45) is 1.88. The van der Waals surface area contributed by atoms with Crippen LogP contribution in [0.2, 0.25) is 0 Å². The van der Waals surface area contributed by atoms with Crippen molar-refractivity contribution in [3.8, 4) is 0 Å². The molecule has 90 valence electrons. The molecule has 5 nitrogen and oxygen atoms in total. The van der Waals surface area contributed by atoms with Crippen molar-refractivity contribution in [1.82, 2.24) is 5.32 Å². The summed E-state index contributed by atoms with van der Waals surface area (Å²) in [6, 6.07) is -0.0967. The van der Waals surface area contributed by atoms with Gasteiger partial charge in [0, 0.05) is 6.92 Å². The van der Waals surface area contributed by atoms with E-state index in [1.165, 1.54) is 14.0 Å². The lowest BCUT2D eigenvalue weighted by Crippen LogP contribution is -2.42. The summed E-state index contributed by atoms with van der Waals surface area (Å²) in [4.78, 5) is 10.7. The average Bonchev–Trinajstić information content (AvgIpc) is 2.27. The van der Waals surface area contributed by atoms with Crippen LogP contribution < -0.4 is 5.32 Å². The van der Waals surface area contributed by atoms with Crippen molar-refractivity contribution in [3.63, 3.8) is 0 Å². The highest BCUT2D eigenvalue weighted by molar-refractivity contribution is 7.80. The van der Waals surface area contributed by atoms with E-state index in [0.29, 0.717) is 18.4 Å². The molecule has 0 aromatic heterocycles. The van der Waals surface area contributed by atoms with Crippen LogP contribution in [0, 0.1) is 0 Å². The molecule has 0 fully saturated rings. The van der Waals surface area contributed by atoms with E-state index in [1.807, 2.05) is 6.08 Å². The van der Waals surface area contributed by atoms with E-state index >= 15 is 0 Å². The molecule has 0 unspecified atom stereocenters. The molecular weight excluding hydrogens is 230 g/mol. The van der Waals surface area contributed by atoms with Gasteiger partial charge in [0.15, 0.2) is 0 Å². The minimum atomic E-state index is -0.305. The van der Waals surface area contributed by atoms with E-state index < -0.39 is 0 Å². The van der Waals surface area contributed by atoms with Gasteiger partial charge in [0.2, 0.25) is 0 Å². The van der Waals surface area contributed by atoms with Gasteiger partial charge in [-0.3, -0.25) is 4.79 Å². The van der Waals surface area contributed by atoms with Crippen molar-refractivity contribution in [3.05, 3.63) is 11.6 Å². The Morgan fingerprint density at radius 3 is 3.12 bits per heavy atom. The van der Waals surface area contributed by atoms with E-state index in [9.17, 15) is 4.79 Å². The van der Waals surface area contributed by atoms with Gasteiger partial charge in [0.25, 0.3) is 5.17 Å². The first kappa shape index (κ1) is 12.9. The zero-order valence-corrected chi connectivity index (χ0v) is 10.1. The second kappa shape index (κ2) is 6.44. The first-order chi connectivity index (χ1) is 7.63. The van der Waals surface area contributed by atoms with Crippen LogP contribution in [-0.4, -0.2) is 44.1 Å². The van der Waals surface area contributed by atoms with Crippen molar-refractivity contribution >= 4 is 23.4 Å². The predicted molar refractivity (Wildman–Crippen MR) is 62.1 cm³/mol. The van der Waals surface area contributed by atoms with Crippen LogP contribution >= 0.6 is 12.2 Å². The highest BCUT2D eigenvalue weighted by Gasteiger charge is 2.20. The Hall–Kier alpha value is -1.14. The fourth-order valence-electron chi connectivity index (χ4n) is 1.28. The third-order valence-electron chi connectivity index (χ3n) is 2.12. The minimum absolute atomic E-state index is 0.0967. The molecule has 0 aromatic rings. The normalized spacial score (nSPS) is 19.6. The first-order valence-corrected chi connectivity index (χ1v) is 5.29. The molecule has 1 rings (SSSR count). The quantitative estimate of drug-likeness (QED) is 0.441. The Labute approximate surface area is 99.7 Å². The number of hydrogen-bond donors (Lipinski definition) is 1. The van der Waals surface area contributed by atoms with Crippen LogP contribution in [0.3, 0.4) is 0 Å². The van der Waals surface area contributed by atoms with E-state index in [-0.39, 0.29) is 18.6 Å². The van der Waals surface area contributed by atoms with Crippen LogP contribution in [-0.2, 0) is 19.0 Å². The van der Waals surface area contributed by atoms with E-state index in [1.54, 1.807) is 0 Å². The van der Waals surface area contributed by atoms with Crippen LogP contribution in [0.1, 0.15) is 6.92 Å². The number of hydrogen-bond acceptors (Lipinski definition) is 5. The van der Waals surface area contributed by atoms with Crippen molar-refractivity contribution < 1.29 is 19.0 Å². The SMILES string of the molecule is COC(=S)N[C@H]1COCC=C1COC(C)=O.